The van der Waals surface area contributed by atoms with Gasteiger partial charge in [-0.1, -0.05) is 84.9 Å². The summed E-state index contributed by atoms with van der Waals surface area (Å²) in [6.07, 6.45) is 1.87. The highest BCUT2D eigenvalue weighted by Crippen LogP contribution is 2.33. The van der Waals surface area contributed by atoms with Gasteiger partial charge in [0.15, 0.2) is 0 Å². The van der Waals surface area contributed by atoms with Gasteiger partial charge < -0.3 is 13.8 Å². The fourth-order valence-electron chi connectivity index (χ4n) is 4.62. The fraction of sp³-hybridized carbons (Fsp3) is 0.160. The third-order valence-corrected chi connectivity index (χ3v) is 6.22. The number of benzene rings is 3. The minimum Gasteiger partial charge on any atom is -0.593 e. The van der Waals surface area contributed by atoms with E-state index >= 15 is 0 Å². The first-order valence-corrected chi connectivity index (χ1v) is 10.5. The van der Waals surface area contributed by atoms with E-state index in [0.29, 0.717) is 5.46 Å². The van der Waals surface area contributed by atoms with Gasteiger partial charge in [0, 0.05) is 11.1 Å². The van der Waals surface area contributed by atoms with Crippen LogP contribution >= 0.6 is 0 Å². The van der Waals surface area contributed by atoms with Gasteiger partial charge in [-0.25, -0.2) is 0 Å². The lowest BCUT2D eigenvalue weighted by Crippen LogP contribution is -2.62. The van der Waals surface area contributed by atoms with E-state index in [4.69, 9.17) is 9.31 Å². The molecular formula is C25H22BNO4. The largest absolute Gasteiger partial charge is 0.684 e. The first-order valence-electron chi connectivity index (χ1n) is 10.5. The van der Waals surface area contributed by atoms with Crippen molar-refractivity contribution in [3.05, 3.63) is 102 Å². The average molecular weight is 411 g/mol. The second-order valence-corrected chi connectivity index (χ2v) is 8.06. The zero-order valence-electron chi connectivity index (χ0n) is 17.2. The minimum atomic E-state index is -2.51. The predicted octanol–water partition coefficient (Wildman–Crippen LogP) is 3.31. The van der Waals surface area contributed by atoms with E-state index < -0.39 is 24.5 Å². The van der Waals surface area contributed by atoms with Crippen molar-refractivity contribution in [2.45, 2.75) is 25.3 Å². The third-order valence-electron chi connectivity index (χ3n) is 6.22. The highest BCUT2D eigenvalue weighted by Gasteiger charge is 2.59. The quantitative estimate of drug-likeness (QED) is 0.621. The molecule has 5 rings (SSSR count). The molecule has 2 aliphatic heterocycles. The normalized spacial score (nSPS) is 23.4. The summed E-state index contributed by atoms with van der Waals surface area (Å²) in [5.74, 6) is -1.60. The Morgan fingerprint density at radius 2 is 1.52 bits per heavy atom. The predicted molar refractivity (Wildman–Crippen MR) is 118 cm³/mol. The van der Waals surface area contributed by atoms with E-state index in [1.165, 1.54) is 0 Å². The summed E-state index contributed by atoms with van der Waals surface area (Å²) in [6, 6.07) is 26.6. The average Bonchev–Trinajstić information content (AvgIpc) is 3.03. The van der Waals surface area contributed by atoms with Crippen molar-refractivity contribution in [1.82, 2.24) is 0 Å². The molecule has 5 nitrogen and oxygen atoms in total. The Balaban J connectivity index is 1.62. The van der Waals surface area contributed by atoms with E-state index in [0.717, 1.165) is 16.7 Å². The van der Waals surface area contributed by atoms with Crippen LogP contribution in [-0.4, -0.2) is 29.3 Å². The maximum atomic E-state index is 13.4. The van der Waals surface area contributed by atoms with Gasteiger partial charge >= 0.3 is 6.69 Å². The lowest BCUT2D eigenvalue weighted by Gasteiger charge is -2.35. The number of nitrogens with zero attached hydrogens (tertiary/aromatic N) is 1. The van der Waals surface area contributed by atoms with Crippen LogP contribution in [0.2, 0.25) is 0 Å². The van der Waals surface area contributed by atoms with Crippen LogP contribution in [0.5, 0.6) is 0 Å². The molecule has 6 heteroatoms. The van der Waals surface area contributed by atoms with Crippen molar-refractivity contribution in [3.8, 4) is 0 Å². The molecule has 0 radical (unpaired) electrons. The van der Waals surface area contributed by atoms with Gasteiger partial charge in [-0.05, 0) is 17.9 Å². The molecule has 31 heavy (non-hydrogen) atoms. The standard InChI is InChI=1S/C25H22BNO4/c1-18(19-10-4-2-5-11-19)27-17-21-14-8-9-15-23(21)26(27)30-24(28)16-22(25(29)31-26)20-12-6-3-7-13-20/h2-15,17-18,22H,16H2,1H3/t18-,22?,26?/m1/s1. The summed E-state index contributed by atoms with van der Waals surface area (Å²) in [6.45, 7) is -0.498. The first-order chi connectivity index (χ1) is 15.1. The lowest BCUT2D eigenvalue weighted by atomic mass is 9.62. The molecular weight excluding hydrogens is 389 g/mol. The van der Waals surface area contributed by atoms with Crippen LogP contribution in [0, 0.1) is 0 Å². The number of rotatable bonds is 3. The molecule has 3 atom stereocenters. The van der Waals surface area contributed by atoms with Crippen LogP contribution in [-0.2, 0) is 18.9 Å². The Morgan fingerprint density at radius 1 is 0.871 bits per heavy atom. The molecule has 1 fully saturated rings. The number of hydrogen-bond donors (Lipinski definition) is 0. The summed E-state index contributed by atoms with van der Waals surface area (Å²) in [4.78, 5) is 26.4. The van der Waals surface area contributed by atoms with Gasteiger partial charge in [0.05, 0.1) is 12.3 Å². The SMILES string of the molecule is C[C@H](c1ccccc1)[N+]1=Cc2ccccc2[B-]12OC(=O)CC(c1ccccc1)C(=O)O2. The van der Waals surface area contributed by atoms with Crippen molar-refractivity contribution < 1.29 is 23.4 Å². The molecule has 3 aromatic carbocycles. The molecule has 0 amide bonds. The Hall–Kier alpha value is -3.67. The lowest BCUT2D eigenvalue weighted by molar-refractivity contribution is -0.467. The molecule has 0 aromatic heterocycles. The van der Waals surface area contributed by atoms with E-state index in [-0.39, 0.29) is 12.5 Å². The highest BCUT2D eigenvalue weighted by atomic mass is 16.7. The fourth-order valence-corrected chi connectivity index (χ4v) is 4.62. The van der Waals surface area contributed by atoms with Gasteiger partial charge in [0.1, 0.15) is 12.3 Å². The van der Waals surface area contributed by atoms with Crippen LogP contribution in [0.3, 0.4) is 0 Å². The molecule has 2 heterocycles. The maximum absolute atomic E-state index is 13.4. The van der Waals surface area contributed by atoms with E-state index in [2.05, 4.69) is 0 Å². The summed E-state index contributed by atoms with van der Waals surface area (Å²) in [5.41, 5.74) is 3.36. The summed E-state index contributed by atoms with van der Waals surface area (Å²) in [7, 11) is 0. The molecule has 0 N–H and O–H groups in total. The van der Waals surface area contributed by atoms with Gasteiger partial charge in [-0.3, -0.25) is 9.59 Å². The van der Waals surface area contributed by atoms with Crippen molar-refractivity contribution in [1.29, 1.82) is 0 Å². The zero-order chi connectivity index (χ0) is 21.4. The van der Waals surface area contributed by atoms with E-state index in [1.807, 2.05) is 103 Å². The van der Waals surface area contributed by atoms with Crippen LogP contribution in [0.1, 0.15) is 42.0 Å². The van der Waals surface area contributed by atoms with Gasteiger partial charge in [-0.15, -0.1) is 0 Å². The second-order valence-electron chi connectivity index (χ2n) is 8.06. The Labute approximate surface area is 180 Å². The number of hydrogen-bond acceptors (Lipinski definition) is 4. The van der Waals surface area contributed by atoms with Crippen molar-refractivity contribution in [2.75, 3.05) is 0 Å². The van der Waals surface area contributed by atoms with Gasteiger partial charge in [-0.2, -0.15) is 0 Å². The highest BCUT2D eigenvalue weighted by molar-refractivity contribution is 6.79. The van der Waals surface area contributed by atoms with Crippen LogP contribution < -0.4 is 5.46 Å². The summed E-state index contributed by atoms with van der Waals surface area (Å²) < 4.78 is 14.1. The second kappa shape index (κ2) is 7.54. The Morgan fingerprint density at radius 3 is 2.26 bits per heavy atom. The maximum Gasteiger partial charge on any atom is 0.684 e. The van der Waals surface area contributed by atoms with Gasteiger partial charge in [0.25, 0.3) is 11.9 Å². The number of fused-ring (bicyclic) bond motifs is 2. The van der Waals surface area contributed by atoms with Crippen LogP contribution in [0.15, 0.2) is 84.9 Å². The van der Waals surface area contributed by atoms with Crippen LogP contribution in [0.25, 0.3) is 0 Å². The molecule has 154 valence electrons. The van der Waals surface area contributed by atoms with Crippen LogP contribution in [0.4, 0.5) is 0 Å². The molecule has 2 unspecified atom stereocenters. The molecule has 1 spiro atoms. The zero-order valence-corrected chi connectivity index (χ0v) is 17.2. The number of carbonyl (C=O) groups excluding carboxylic acids is 2. The van der Waals surface area contributed by atoms with E-state index in [1.54, 1.807) is 0 Å². The summed E-state index contributed by atoms with van der Waals surface area (Å²) >= 11 is 0. The third kappa shape index (κ3) is 3.24. The molecule has 0 saturated carbocycles. The molecule has 3 aromatic rings. The minimum absolute atomic E-state index is 0.0535. The monoisotopic (exact) mass is 411 g/mol. The Bertz CT molecular complexity index is 1180. The summed E-state index contributed by atoms with van der Waals surface area (Å²) in [5, 5.41) is 0. The first kappa shape index (κ1) is 19.3. The molecule has 1 saturated heterocycles. The molecule has 2 aliphatic rings. The van der Waals surface area contributed by atoms with Crippen molar-refractivity contribution in [2.24, 2.45) is 0 Å². The van der Waals surface area contributed by atoms with Crippen molar-refractivity contribution in [3.63, 3.8) is 0 Å². The smallest absolute Gasteiger partial charge is 0.593 e. The van der Waals surface area contributed by atoms with Gasteiger partial charge in [0.2, 0.25) is 0 Å². The molecule has 0 aliphatic carbocycles. The van der Waals surface area contributed by atoms with Crippen molar-refractivity contribution >= 4 is 30.3 Å². The number of carbonyl (C=O) groups is 2. The van der Waals surface area contributed by atoms with E-state index in [9.17, 15) is 9.59 Å². The Kier molecular flexibility index (Phi) is 4.70. The topological polar surface area (TPSA) is 55.6 Å². The molecule has 0 bridgehead atoms.